The summed E-state index contributed by atoms with van der Waals surface area (Å²) in [5, 5.41) is 20.1. The summed E-state index contributed by atoms with van der Waals surface area (Å²) in [5.41, 5.74) is 0.0668. The number of para-hydroxylation sites is 1. The third-order valence-corrected chi connectivity index (χ3v) is 3.06. The van der Waals surface area contributed by atoms with Crippen molar-refractivity contribution >= 4 is 17.4 Å². The molecule has 0 spiro atoms. The van der Waals surface area contributed by atoms with E-state index >= 15 is 0 Å². The van der Waals surface area contributed by atoms with E-state index in [9.17, 15) is 15.2 Å². The first kappa shape index (κ1) is 13.0. The van der Waals surface area contributed by atoms with Crippen molar-refractivity contribution < 1.29 is 14.8 Å². The number of aliphatic hydroxyl groups excluding tert-OH is 1. The number of benzene rings is 1. The zero-order valence-corrected chi connectivity index (χ0v) is 9.64. The van der Waals surface area contributed by atoms with Crippen molar-refractivity contribution in [3.05, 3.63) is 34.4 Å². The smallest absolute Gasteiger partial charge is 0.282 e. The highest BCUT2D eigenvalue weighted by Crippen LogP contribution is 2.28. The molecule has 0 bridgehead atoms. The number of ether oxygens (including phenoxy) is 1. The molecule has 0 amide bonds. The molecule has 0 radical (unpaired) electrons. The Morgan fingerprint density at radius 3 is 2.88 bits per heavy atom. The Kier molecular flexibility index (Phi) is 5.24. The molecule has 5 nitrogen and oxygen atoms in total. The molecule has 1 rings (SSSR count). The van der Waals surface area contributed by atoms with E-state index in [4.69, 9.17) is 4.74 Å². The molecular weight excluding hydrogens is 230 g/mol. The fraction of sp³-hybridized carbons (Fsp3) is 0.400. The van der Waals surface area contributed by atoms with Gasteiger partial charge in [-0.05, 0) is 6.07 Å². The predicted molar refractivity (Wildman–Crippen MR) is 61.7 cm³/mol. The van der Waals surface area contributed by atoms with Gasteiger partial charge in [0.05, 0.1) is 22.5 Å². The van der Waals surface area contributed by atoms with Crippen molar-refractivity contribution in [2.24, 2.45) is 0 Å². The summed E-state index contributed by atoms with van der Waals surface area (Å²) >= 11 is 1.25. The average molecular weight is 243 g/mol. The summed E-state index contributed by atoms with van der Waals surface area (Å²) in [7, 11) is 1.50. The molecule has 0 aliphatic carbocycles. The molecule has 0 aromatic heterocycles. The van der Waals surface area contributed by atoms with Crippen molar-refractivity contribution in [1.82, 2.24) is 0 Å². The maximum absolute atomic E-state index is 10.7. The fourth-order valence-corrected chi connectivity index (χ4v) is 2.09. The highest BCUT2D eigenvalue weighted by atomic mass is 32.2. The molecule has 1 aromatic carbocycles. The minimum absolute atomic E-state index is 0.0668. The van der Waals surface area contributed by atoms with Gasteiger partial charge in [-0.3, -0.25) is 10.1 Å². The number of hydrogen-bond acceptors (Lipinski definition) is 5. The number of methoxy groups -OCH3 is 1. The van der Waals surface area contributed by atoms with Gasteiger partial charge in [-0.2, -0.15) is 0 Å². The molecule has 0 aliphatic heterocycles. The Hall–Kier alpha value is -1.11. The first-order valence-electron chi connectivity index (χ1n) is 4.68. The van der Waals surface area contributed by atoms with Crippen molar-refractivity contribution in [2.75, 3.05) is 19.5 Å². The molecule has 1 aromatic rings. The summed E-state index contributed by atoms with van der Waals surface area (Å²) < 4.78 is 4.77. The number of nitro groups is 1. The lowest BCUT2D eigenvalue weighted by molar-refractivity contribution is -0.387. The van der Waals surface area contributed by atoms with Crippen LogP contribution >= 0.6 is 11.8 Å². The van der Waals surface area contributed by atoms with Gasteiger partial charge >= 0.3 is 0 Å². The van der Waals surface area contributed by atoms with E-state index in [0.29, 0.717) is 10.6 Å². The number of aliphatic hydroxyl groups is 1. The number of nitrogens with zero attached hydrogens (tertiary/aromatic N) is 1. The van der Waals surface area contributed by atoms with Crippen LogP contribution in [0.4, 0.5) is 5.69 Å². The molecular formula is C10H13NO4S. The predicted octanol–water partition coefficient (Wildman–Crippen LogP) is 1.69. The van der Waals surface area contributed by atoms with E-state index in [-0.39, 0.29) is 12.3 Å². The van der Waals surface area contributed by atoms with Gasteiger partial charge in [-0.25, -0.2) is 0 Å². The molecule has 16 heavy (non-hydrogen) atoms. The van der Waals surface area contributed by atoms with Gasteiger partial charge in [0.1, 0.15) is 0 Å². The highest BCUT2D eigenvalue weighted by Gasteiger charge is 2.14. The van der Waals surface area contributed by atoms with Crippen LogP contribution in [-0.4, -0.2) is 35.6 Å². The lowest BCUT2D eigenvalue weighted by atomic mass is 10.3. The minimum Gasteiger partial charge on any atom is -0.390 e. The standard InChI is InChI=1S/C10H13NO4S/c1-15-6-8(12)7-16-10-5-3-2-4-9(10)11(13)14/h2-5,8,12H,6-7H2,1H3. The quantitative estimate of drug-likeness (QED) is 0.467. The van der Waals surface area contributed by atoms with Crippen molar-refractivity contribution in [3.8, 4) is 0 Å². The molecule has 1 atom stereocenters. The van der Waals surface area contributed by atoms with Crippen molar-refractivity contribution in [2.45, 2.75) is 11.0 Å². The summed E-state index contributed by atoms with van der Waals surface area (Å²) in [6, 6.07) is 6.47. The number of thioether (sulfide) groups is 1. The van der Waals surface area contributed by atoms with Gasteiger partial charge in [0, 0.05) is 18.9 Å². The van der Waals surface area contributed by atoms with Gasteiger partial charge in [-0.1, -0.05) is 12.1 Å². The first-order valence-corrected chi connectivity index (χ1v) is 5.67. The van der Waals surface area contributed by atoms with Crippen LogP contribution in [0.15, 0.2) is 29.2 Å². The van der Waals surface area contributed by atoms with Gasteiger partial charge in [-0.15, -0.1) is 11.8 Å². The molecule has 1 unspecified atom stereocenters. The van der Waals surface area contributed by atoms with Gasteiger partial charge in [0.2, 0.25) is 0 Å². The normalized spacial score (nSPS) is 12.4. The lowest BCUT2D eigenvalue weighted by Gasteiger charge is -2.08. The second-order valence-electron chi connectivity index (χ2n) is 3.15. The third-order valence-electron chi connectivity index (χ3n) is 1.85. The van der Waals surface area contributed by atoms with Crippen LogP contribution < -0.4 is 0 Å². The zero-order chi connectivity index (χ0) is 12.0. The zero-order valence-electron chi connectivity index (χ0n) is 8.83. The highest BCUT2D eigenvalue weighted by molar-refractivity contribution is 7.99. The Balaban J connectivity index is 2.63. The Bertz CT molecular complexity index is 358. The molecule has 0 heterocycles. The van der Waals surface area contributed by atoms with Gasteiger partial charge < -0.3 is 9.84 Å². The summed E-state index contributed by atoms with van der Waals surface area (Å²) in [5.74, 6) is 0.374. The second kappa shape index (κ2) is 6.47. The van der Waals surface area contributed by atoms with E-state index in [2.05, 4.69) is 0 Å². The van der Waals surface area contributed by atoms with Crippen LogP contribution in [0.2, 0.25) is 0 Å². The Labute approximate surface area is 97.6 Å². The average Bonchev–Trinajstić information content (AvgIpc) is 2.27. The number of rotatable bonds is 6. The third kappa shape index (κ3) is 3.80. The molecule has 1 N–H and O–H groups in total. The molecule has 0 saturated carbocycles. The lowest BCUT2D eigenvalue weighted by Crippen LogP contribution is -2.16. The second-order valence-corrected chi connectivity index (χ2v) is 4.21. The van der Waals surface area contributed by atoms with E-state index in [0.717, 1.165) is 0 Å². The summed E-state index contributed by atoms with van der Waals surface area (Å²) in [6.45, 7) is 0.230. The van der Waals surface area contributed by atoms with Crippen LogP contribution in [0, 0.1) is 10.1 Å². The topological polar surface area (TPSA) is 72.6 Å². The van der Waals surface area contributed by atoms with E-state index < -0.39 is 11.0 Å². The van der Waals surface area contributed by atoms with Crippen LogP contribution in [0.1, 0.15) is 0 Å². The van der Waals surface area contributed by atoms with E-state index in [1.165, 1.54) is 24.9 Å². The maximum Gasteiger partial charge on any atom is 0.282 e. The van der Waals surface area contributed by atoms with Gasteiger partial charge in [0.25, 0.3) is 5.69 Å². The van der Waals surface area contributed by atoms with E-state index in [1.54, 1.807) is 18.2 Å². The van der Waals surface area contributed by atoms with Crippen LogP contribution in [-0.2, 0) is 4.74 Å². The molecule has 0 fully saturated rings. The minimum atomic E-state index is -0.616. The SMILES string of the molecule is COCC(O)CSc1ccccc1[N+](=O)[O-]. The summed E-state index contributed by atoms with van der Waals surface area (Å²) in [6.07, 6.45) is -0.616. The summed E-state index contributed by atoms with van der Waals surface area (Å²) in [4.78, 5) is 10.8. The van der Waals surface area contributed by atoms with Crippen LogP contribution in [0.5, 0.6) is 0 Å². The monoisotopic (exact) mass is 243 g/mol. The molecule has 88 valence electrons. The van der Waals surface area contributed by atoms with Crippen LogP contribution in [0.25, 0.3) is 0 Å². The molecule has 0 saturated heterocycles. The Morgan fingerprint density at radius 2 is 2.25 bits per heavy atom. The number of nitro benzene ring substituents is 1. The Morgan fingerprint density at radius 1 is 1.56 bits per heavy atom. The number of hydrogen-bond donors (Lipinski definition) is 1. The fourth-order valence-electron chi connectivity index (χ4n) is 1.16. The van der Waals surface area contributed by atoms with Crippen LogP contribution in [0.3, 0.4) is 0 Å². The van der Waals surface area contributed by atoms with Gasteiger partial charge in [0.15, 0.2) is 0 Å². The first-order chi connectivity index (χ1) is 7.65. The molecule has 6 heteroatoms. The molecule has 0 aliphatic rings. The van der Waals surface area contributed by atoms with Crippen molar-refractivity contribution in [3.63, 3.8) is 0 Å². The largest absolute Gasteiger partial charge is 0.390 e. The maximum atomic E-state index is 10.7. The van der Waals surface area contributed by atoms with Crippen molar-refractivity contribution in [1.29, 1.82) is 0 Å². The van der Waals surface area contributed by atoms with E-state index in [1.807, 2.05) is 0 Å².